The summed E-state index contributed by atoms with van der Waals surface area (Å²) in [6.07, 6.45) is 3.87. The predicted molar refractivity (Wildman–Crippen MR) is 112 cm³/mol. The van der Waals surface area contributed by atoms with Crippen LogP contribution in [0, 0.1) is 10.1 Å². The highest BCUT2D eigenvalue weighted by Crippen LogP contribution is 2.41. The molecule has 1 aromatic heterocycles. The summed E-state index contributed by atoms with van der Waals surface area (Å²) in [5.41, 5.74) is 7.07. The number of benzene rings is 3. The second-order valence-corrected chi connectivity index (χ2v) is 6.62. The fraction of sp³-hybridized carbons (Fsp3) is 0. The number of nitrogens with one attached hydrogen (secondary N) is 1. The molecule has 28 heavy (non-hydrogen) atoms. The van der Waals surface area contributed by atoms with Gasteiger partial charge in [0.25, 0.3) is 5.69 Å². The molecule has 5 rings (SSSR count). The molecule has 3 aromatic carbocycles. The Balaban J connectivity index is 1.80. The van der Waals surface area contributed by atoms with E-state index in [0.717, 1.165) is 44.4 Å². The highest BCUT2D eigenvalue weighted by molar-refractivity contribution is 6.27. The van der Waals surface area contributed by atoms with Gasteiger partial charge in [0.2, 0.25) is 0 Å². The van der Waals surface area contributed by atoms with Crippen LogP contribution >= 0.6 is 0 Å². The Morgan fingerprint density at radius 2 is 1.68 bits per heavy atom. The molecule has 0 amide bonds. The van der Waals surface area contributed by atoms with E-state index in [0.29, 0.717) is 0 Å². The average molecular weight is 365 g/mol. The van der Waals surface area contributed by atoms with E-state index < -0.39 is 0 Å². The quantitative estimate of drug-likeness (QED) is 0.371. The predicted octanol–water partition coefficient (Wildman–Crippen LogP) is 5.75. The summed E-state index contributed by atoms with van der Waals surface area (Å²) in [5.74, 6) is 0. The van der Waals surface area contributed by atoms with Crippen LogP contribution in [0.1, 0.15) is 16.7 Å². The van der Waals surface area contributed by atoms with Crippen LogP contribution in [0.3, 0.4) is 0 Å². The number of non-ortho nitro benzene ring substituents is 1. The second kappa shape index (κ2) is 6.32. The summed E-state index contributed by atoms with van der Waals surface area (Å²) in [7, 11) is 0. The maximum absolute atomic E-state index is 11.1. The third-order valence-electron chi connectivity index (χ3n) is 5.02. The van der Waals surface area contributed by atoms with E-state index >= 15 is 0 Å². The second-order valence-electron chi connectivity index (χ2n) is 6.62. The zero-order valence-corrected chi connectivity index (χ0v) is 14.8. The molecule has 0 radical (unpaired) electrons. The number of nitro benzene ring substituents is 1. The fourth-order valence-corrected chi connectivity index (χ4v) is 3.70. The van der Waals surface area contributed by atoms with Gasteiger partial charge in [-0.1, -0.05) is 36.4 Å². The van der Waals surface area contributed by atoms with Gasteiger partial charge in [-0.05, 0) is 29.8 Å². The largest absolute Gasteiger partial charge is 0.361 e. The molecule has 5 nitrogen and oxygen atoms in total. The van der Waals surface area contributed by atoms with Crippen LogP contribution in [-0.4, -0.2) is 16.1 Å². The summed E-state index contributed by atoms with van der Waals surface area (Å²) in [6.45, 7) is 0. The molecular weight excluding hydrogens is 350 g/mol. The topological polar surface area (TPSA) is 71.3 Å². The Labute approximate surface area is 160 Å². The molecule has 0 atom stereocenters. The van der Waals surface area contributed by atoms with Gasteiger partial charge in [0, 0.05) is 57.7 Å². The number of aliphatic imine (C=N–C) groups is 1. The first-order chi connectivity index (χ1) is 13.7. The summed E-state index contributed by atoms with van der Waals surface area (Å²) in [6, 6.07) is 22.8. The summed E-state index contributed by atoms with van der Waals surface area (Å²) >= 11 is 0. The van der Waals surface area contributed by atoms with Crippen molar-refractivity contribution in [1.82, 2.24) is 4.98 Å². The lowest BCUT2D eigenvalue weighted by Crippen LogP contribution is -1.95. The van der Waals surface area contributed by atoms with Crippen molar-refractivity contribution in [3.05, 3.63) is 106 Å². The van der Waals surface area contributed by atoms with Crippen LogP contribution in [0.25, 0.3) is 22.0 Å². The fourth-order valence-electron chi connectivity index (χ4n) is 3.70. The van der Waals surface area contributed by atoms with Crippen LogP contribution < -0.4 is 0 Å². The first-order valence-corrected chi connectivity index (χ1v) is 8.91. The molecule has 0 unspecified atom stereocenters. The molecular formula is C23H15N3O2. The molecule has 1 aliphatic rings. The number of nitrogens with zero attached hydrogens (tertiary/aromatic N) is 2. The Morgan fingerprint density at radius 3 is 2.50 bits per heavy atom. The molecule has 0 saturated heterocycles. The Bertz CT molecular complexity index is 1280. The molecule has 0 fully saturated rings. The monoisotopic (exact) mass is 365 g/mol. The number of nitro groups is 1. The van der Waals surface area contributed by atoms with Crippen molar-refractivity contribution in [2.24, 2.45) is 4.99 Å². The minimum Gasteiger partial charge on any atom is -0.361 e. The van der Waals surface area contributed by atoms with E-state index in [1.54, 1.807) is 24.3 Å². The van der Waals surface area contributed by atoms with E-state index in [1.807, 2.05) is 48.8 Å². The van der Waals surface area contributed by atoms with Crippen molar-refractivity contribution < 1.29 is 4.92 Å². The van der Waals surface area contributed by atoms with Gasteiger partial charge in [0.15, 0.2) is 0 Å². The molecule has 0 spiro atoms. The van der Waals surface area contributed by atoms with Crippen LogP contribution in [0.15, 0.2) is 84.0 Å². The van der Waals surface area contributed by atoms with E-state index in [9.17, 15) is 10.1 Å². The van der Waals surface area contributed by atoms with Crippen molar-refractivity contribution in [2.75, 3.05) is 0 Å². The lowest BCUT2D eigenvalue weighted by molar-refractivity contribution is -0.384. The third kappa shape index (κ3) is 2.53. The Kier molecular flexibility index (Phi) is 3.66. The van der Waals surface area contributed by atoms with Crippen molar-refractivity contribution in [3.8, 4) is 0 Å². The number of fused-ring (bicyclic) bond motifs is 2. The molecule has 0 bridgehead atoms. The third-order valence-corrected chi connectivity index (χ3v) is 5.02. The summed E-state index contributed by atoms with van der Waals surface area (Å²) in [4.78, 5) is 18.6. The van der Waals surface area contributed by atoms with Gasteiger partial charge in [-0.15, -0.1) is 0 Å². The normalized spacial score (nSPS) is 14.3. The molecule has 5 heteroatoms. The Hall–Kier alpha value is -3.99. The van der Waals surface area contributed by atoms with Crippen LogP contribution in [0.5, 0.6) is 0 Å². The number of para-hydroxylation sites is 2. The van der Waals surface area contributed by atoms with Crippen LogP contribution in [-0.2, 0) is 0 Å². The summed E-state index contributed by atoms with van der Waals surface area (Å²) in [5, 5.41) is 12.2. The van der Waals surface area contributed by atoms with Gasteiger partial charge < -0.3 is 4.98 Å². The van der Waals surface area contributed by atoms with Gasteiger partial charge in [-0.3, -0.25) is 15.1 Å². The zero-order chi connectivity index (χ0) is 19.1. The first kappa shape index (κ1) is 16.2. The number of allylic oxidation sites excluding steroid dienone is 1. The van der Waals surface area contributed by atoms with Gasteiger partial charge in [0.05, 0.1) is 10.6 Å². The number of hydrogen-bond acceptors (Lipinski definition) is 3. The Morgan fingerprint density at radius 1 is 0.929 bits per heavy atom. The molecule has 1 aliphatic heterocycles. The summed E-state index contributed by atoms with van der Waals surface area (Å²) < 4.78 is 0. The first-order valence-electron chi connectivity index (χ1n) is 8.91. The molecule has 134 valence electrons. The number of hydrogen-bond donors (Lipinski definition) is 1. The SMILES string of the molecule is O=[N+]([O-])c1ccc(/C(=C2\C=Nc3ccccc32)c2c[nH]c3ccccc23)cc1. The number of rotatable bonds is 3. The zero-order valence-electron chi connectivity index (χ0n) is 14.8. The molecule has 1 N–H and O–H groups in total. The maximum atomic E-state index is 11.1. The number of aromatic nitrogens is 1. The van der Waals surface area contributed by atoms with Crippen molar-refractivity contribution in [3.63, 3.8) is 0 Å². The van der Waals surface area contributed by atoms with E-state index in [1.165, 1.54) is 0 Å². The minimum absolute atomic E-state index is 0.0764. The molecule has 4 aromatic rings. The highest BCUT2D eigenvalue weighted by Gasteiger charge is 2.21. The van der Waals surface area contributed by atoms with Crippen LogP contribution in [0.2, 0.25) is 0 Å². The van der Waals surface area contributed by atoms with Crippen LogP contribution in [0.4, 0.5) is 11.4 Å². The van der Waals surface area contributed by atoms with E-state index in [2.05, 4.69) is 22.1 Å². The smallest absolute Gasteiger partial charge is 0.269 e. The molecule has 2 heterocycles. The van der Waals surface area contributed by atoms with Crippen molar-refractivity contribution in [1.29, 1.82) is 0 Å². The van der Waals surface area contributed by atoms with Crippen molar-refractivity contribution >= 4 is 39.6 Å². The lowest BCUT2D eigenvalue weighted by Gasteiger charge is -2.12. The van der Waals surface area contributed by atoms with Gasteiger partial charge >= 0.3 is 0 Å². The lowest BCUT2D eigenvalue weighted by atomic mass is 9.90. The van der Waals surface area contributed by atoms with Crippen molar-refractivity contribution in [2.45, 2.75) is 0 Å². The minimum atomic E-state index is -0.380. The van der Waals surface area contributed by atoms with E-state index in [4.69, 9.17) is 0 Å². The molecule has 0 aliphatic carbocycles. The van der Waals surface area contributed by atoms with Gasteiger partial charge in [-0.25, -0.2) is 0 Å². The average Bonchev–Trinajstić information content (AvgIpc) is 3.34. The van der Waals surface area contributed by atoms with Gasteiger partial charge in [0.1, 0.15) is 0 Å². The van der Waals surface area contributed by atoms with E-state index in [-0.39, 0.29) is 10.6 Å². The number of H-pyrrole nitrogens is 1. The van der Waals surface area contributed by atoms with Gasteiger partial charge in [-0.2, -0.15) is 0 Å². The molecule has 0 saturated carbocycles. The maximum Gasteiger partial charge on any atom is 0.269 e. The highest BCUT2D eigenvalue weighted by atomic mass is 16.6. The standard InChI is InChI=1S/C23H15N3O2/c27-26(28)16-11-9-15(10-12-16)23(19-13-24-21-7-3-1-5-17(19)21)20-14-25-22-8-4-2-6-18(20)22/h1-14,24H/b23-20-. The number of aromatic amines is 1.